The van der Waals surface area contributed by atoms with Crippen LogP contribution < -0.4 is 0 Å². The van der Waals surface area contributed by atoms with Crippen LogP contribution in [0.25, 0.3) is 0 Å². The third-order valence-electron chi connectivity index (χ3n) is 1.66. The molecule has 0 bridgehead atoms. The summed E-state index contributed by atoms with van der Waals surface area (Å²) in [4.78, 5) is 14.9. The van der Waals surface area contributed by atoms with E-state index in [1.807, 2.05) is 0 Å². The van der Waals surface area contributed by atoms with Crippen LogP contribution in [0.1, 0.15) is 17.4 Å². The molecule has 0 saturated heterocycles. The summed E-state index contributed by atoms with van der Waals surface area (Å²) in [5.74, 6) is -0.661. The summed E-state index contributed by atoms with van der Waals surface area (Å²) in [7, 11) is 1.24. The number of rotatable bonds is 2. The maximum Gasteiger partial charge on any atom is 0.339 e. The molecule has 4 heteroatoms. The molecule has 0 aliphatic rings. The first-order valence-corrected chi connectivity index (χ1v) is 3.83. The van der Waals surface area contributed by atoms with Crippen LogP contribution in [-0.2, 0) is 9.53 Å². The Morgan fingerprint density at radius 2 is 2.38 bits per heavy atom. The summed E-state index contributed by atoms with van der Waals surface area (Å²) in [6, 6.07) is 3.22. The normalized spacial score (nSPS) is 12.2. The molecule has 0 aliphatic heterocycles. The molecule has 1 unspecified atom stereocenters. The maximum absolute atomic E-state index is 10.9. The van der Waals surface area contributed by atoms with Gasteiger partial charge in [-0.05, 0) is 24.6 Å². The number of nitrogens with zero attached hydrogens (tertiary/aromatic N) is 1. The summed E-state index contributed by atoms with van der Waals surface area (Å²) in [6.45, 7) is 1.79. The molecule has 1 heterocycles. The molecule has 1 rings (SSSR count). The van der Waals surface area contributed by atoms with Crippen LogP contribution in [0.4, 0.5) is 0 Å². The van der Waals surface area contributed by atoms with Crippen LogP contribution >= 0.6 is 0 Å². The van der Waals surface area contributed by atoms with Crippen molar-refractivity contribution in [1.82, 2.24) is 4.98 Å². The number of hydrogen-bond acceptors (Lipinski definition) is 4. The number of ether oxygens (including phenoxy) is 1. The van der Waals surface area contributed by atoms with Crippen molar-refractivity contribution in [3.63, 3.8) is 0 Å². The number of carbonyl (C=O) groups is 1. The molecule has 0 saturated carbocycles. The van der Waals surface area contributed by atoms with Gasteiger partial charge in [0.2, 0.25) is 0 Å². The summed E-state index contributed by atoms with van der Waals surface area (Å²) in [5.41, 5.74) is 1.25. The van der Waals surface area contributed by atoms with Crippen molar-refractivity contribution in [1.29, 1.82) is 0 Å². The zero-order valence-electron chi connectivity index (χ0n) is 7.52. The number of hydrogen-bond donors (Lipinski definition) is 1. The molecule has 13 heavy (non-hydrogen) atoms. The van der Waals surface area contributed by atoms with Crippen molar-refractivity contribution in [2.45, 2.75) is 13.0 Å². The molecule has 0 spiro atoms. The van der Waals surface area contributed by atoms with E-state index in [0.29, 0.717) is 5.56 Å². The van der Waals surface area contributed by atoms with Crippen LogP contribution in [-0.4, -0.2) is 23.2 Å². The Kier molecular flexibility index (Phi) is 2.97. The summed E-state index contributed by atoms with van der Waals surface area (Å²) in [5, 5.41) is 9.41. The lowest BCUT2D eigenvalue weighted by Crippen LogP contribution is -2.13. The number of aliphatic hydroxyl groups is 1. The Morgan fingerprint density at radius 3 is 2.92 bits per heavy atom. The van der Waals surface area contributed by atoms with E-state index in [1.165, 1.54) is 13.3 Å². The molecule has 1 N–H and O–H groups in total. The number of methoxy groups -OCH3 is 1. The van der Waals surface area contributed by atoms with E-state index in [0.717, 1.165) is 5.69 Å². The fourth-order valence-electron chi connectivity index (χ4n) is 0.985. The van der Waals surface area contributed by atoms with Crippen molar-refractivity contribution >= 4 is 5.97 Å². The second-order valence-electron chi connectivity index (χ2n) is 2.66. The zero-order chi connectivity index (χ0) is 9.84. The van der Waals surface area contributed by atoms with Crippen LogP contribution in [0, 0.1) is 6.92 Å². The van der Waals surface area contributed by atoms with Crippen LogP contribution in [0.3, 0.4) is 0 Å². The minimum atomic E-state index is -1.22. The average Bonchev–Trinajstić information content (AvgIpc) is 2.15. The second-order valence-corrected chi connectivity index (χ2v) is 2.66. The van der Waals surface area contributed by atoms with Crippen molar-refractivity contribution in [2.24, 2.45) is 0 Å². The lowest BCUT2D eigenvalue weighted by atomic mass is 10.1. The monoisotopic (exact) mass is 181 g/mol. The molecule has 0 amide bonds. The number of pyridine rings is 1. The smallest absolute Gasteiger partial charge is 0.339 e. The number of aryl methyl sites for hydroxylation is 1. The highest BCUT2D eigenvalue weighted by Gasteiger charge is 2.17. The van der Waals surface area contributed by atoms with Crippen molar-refractivity contribution in [3.8, 4) is 0 Å². The highest BCUT2D eigenvalue weighted by atomic mass is 16.5. The largest absolute Gasteiger partial charge is 0.467 e. The SMILES string of the molecule is COC(=O)C(O)c1ccnc(C)c1. The van der Waals surface area contributed by atoms with Gasteiger partial charge in [0.1, 0.15) is 0 Å². The molecule has 4 nitrogen and oxygen atoms in total. The van der Waals surface area contributed by atoms with Gasteiger partial charge >= 0.3 is 5.97 Å². The van der Waals surface area contributed by atoms with Crippen molar-refractivity contribution in [3.05, 3.63) is 29.6 Å². The number of aliphatic hydroxyl groups excluding tert-OH is 1. The molecular formula is C9H11NO3. The van der Waals surface area contributed by atoms with Gasteiger partial charge in [-0.15, -0.1) is 0 Å². The van der Waals surface area contributed by atoms with Gasteiger partial charge in [-0.3, -0.25) is 4.98 Å². The Labute approximate surface area is 76.2 Å². The molecule has 0 aliphatic carbocycles. The van der Waals surface area contributed by atoms with Crippen LogP contribution in [0.2, 0.25) is 0 Å². The molecular weight excluding hydrogens is 170 g/mol. The highest BCUT2D eigenvalue weighted by molar-refractivity contribution is 5.75. The predicted molar refractivity (Wildman–Crippen MR) is 45.9 cm³/mol. The Balaban J connectivity index is 2.88. The fourth-order valence-corrected chi connectivity index (χ4v) is 0.985. The topological polar surface area (TPSA) is 59.4 Å². The molecule has 0 fully saturated rings. The van der Waals surface area contributed by atoms with E-state index in [4.69, 9.17) is 0 Å². The predicted octanol–water partition coefficient (Wildman–Crippen LogP) is 0.596. The van der Waals surface area contributed by atoms with Crippen LogP contribution in [0.5, 0.6) is 0 Å². The average molecular weight is 181 g/mol. The lowest BCUT2D eigenvalue weighted by Gasteiger charge is -2.08. The van der Waals surface area contributed by atoms with Gasteiger partial charge in [-0.25, -0.2) is 4.79 Å². The molecule has 0 aromatic carbocycles. The minimum absolute atomic E-state index is 0.499. The van der Waals surface area contributed by atoms with Gasteiger partial charge in [0.15, 0.2) is 6.10 Å². The highest BCUT2D eigenvalue weighted by Crippen LogP contribution is 2.13. The lowest BCUT2D eigenvalue weighted by molar-refractivity contribution is -0.150. The quantitative estimate of drug-likeness (QED) is 0.678. The van der Waals surface area contributed by atoms with Gasteiger partial charge in [-0.1, -0.05) is 0 Å². The minimum Gasteiger partial charge on any atom is -0.467 e. The molecule has 1 aromatic heterocycles. The molecule has 1 atom stereocenters. The molecule has 1 aromatic rings. The summed E-state index contributed by atoms with van der Waals surface area (Å²) in [6.07, 6.45) is 0.322. The third-order valence-corrected chi connectivity index (χ3v) is 1.66. The Hall–Kier alpha value is -1.42. The van der Waals surface area contributed by atoms with Gasteiger partial charge in [-0.2, -0.15) is 0 Å². The van der Waals surface area contributed by atoms with E-state index >= 15 is 0 Å². The van der Waals surface area contributed by atoms with Gasteiger partial charge in [0.25, 0.3) is 0 Å². The van der Waals surface area contributed by atoms with E-state index in [-0.39, 0.29) is 0 Å². The molecule has 70 valence electrons. The fraction of sp³-hybridized carbons (Fsp3) is 0.333. The third kappa shape index (κ3) is 2.26. The van der Waals surface area contributed by atoms with Crippen LogP contribution in [0.15, 0.2) is 18.3 Å². The van der Waals surface area contributed by atoms with Crippen molar-refractivity contribution in [2.75, 3.05) is 7.11 Å². The zero-order valence-corrected chi connectivity index (χ0v) is 7.52. The number of carbonyl (C=O) groups excluding carboxylic acids is 1. The van der Waals surface area contributed by atoms with E-state index in [9.17, 15) is 9.90 Å². The molecule has 0 radical (unpaired) electrons. The van der Waals surface area contributed by atoms with Gasteiger partial charge in [0, 0.05) is 11.9 Å². The van der Waals surface area contributed by atoms with E-state index < -0.39 is 12.1 Å². The summed E-state index contributed by atoms with van der Waals surface area (Å²) >= 11 is 0. The first kappa shape index (κ1) is 9.67. The van der Waals surface area contributed by atoms with Gasteiger partial charge < -0.3 is 9.84 Å². The first-order valence-electron chi connectivity index (χ1n) is 3.83. The van der Waals surface area contributed by atoms with Gasteiger partial charge in [0.05, 0.1) is 7.11 Å². The second kappa shape index (κ2) is 4.00. The van der Waals surface area contributed by atoms with E-state index in [1.54, 1.807) is 19.1 Å². The first-order chi connectivity index (χ1) is 6.15. The number of aromatic nitrogens is 1. The Bertz CT molecular complexity index is 311. The Morgan fingerprint density at radius 1 is 1.69 bits per heavy atom. The maximum atomic E-state index is 10.9. The van der Waals surface area contributed by atoms with Crippen molar-refractivity contribution < 1.29 is 14.6 Å². The van der Waals surface area contributed by atoms with E-state index in [2.05, 4.69) is 9.72 Å². The summed E-state index contributed by atoms with van der Waals surface area (Å²) < 4.78 is 4.40. The standard InChI is InChI=1S/C9H11NO3/c1-6-5-7(3-4-10-6)8(11)9(12)13-2/h3-5,8,11H,1-2H3. The number of esters is 1.